The highest BCUT2D eigenvalue weighted by Crippen LogP contribution is 2.39. The Labute approximate surface area is 124 Å². The van der Waals surface area contributed by atoms with Crippen LogP contribution in [0.3, 0.4) is 0 Å². The van der Waals surface area contributed by atoms with E-state index in [1.54, 1.807) is 0 Å². The zero-order chi connectivity index (χ0) is 14.6. The molecule has 0 radical (unpaired) electrons. The Balaban J connectivity index is 2.18. The summed E-state index contributed by atoms with van der Waals surface area (Å²) in [6.45, 7) is 9.92. The lowest BCUT2D eigenvalue weighted by atomic mass is 9.70. The fraction of sp³-hybridized carbons (Fsp3) is 0.667. The molecule has 0 aliphatic heterocycles. The molecule has 1 aromatic rings. The lowest BCUT2D eigenvalue weighted by molar-refractivity contribution is 0.0170. The second-order valence-corrected chi connectivity index (χ2v) is 6.78. The molecular weight excluding hydrogens is 244 g/mol. The van der Waals surface area contributed by atoms with Crippen LogP contribution in [-0.4, -0.2) is 23.5 Å². The molecule has 20 heavy (non-hydrogen) atoms. The van der Waals surface area contributed by atoms with Gasteiger partial charge in [-0.15, -0.1) is 0 Å². The molecule has 0 aromatic heterocycles. The van der Waals surface area contributed by atoms with Gasteiger partial charge in [-0.1, -0.05) is 51.1 Å². The van der Waals surface area contributed by atoms with Gasteiger partial charge in [0.25, 0.3) is 0 Å². The van der Waals surface area contributed by atoms with Gasteiger partial charge >= 0.3 is 0 Å². The van der Waals surface area contributed by atoms with Crippen LogP contribution in [-0.2, 0) is 6.54 Å². The molecule has 1 fully saturated rings. The molecule has 2 N–H and O–H groups in total. The first-order valence-corrected chi connectivity index (χ1v) is 8.08. The lowest BCUT2D eigenvalue weighted by Crippen LogP contribution is -2.57. The number of benzene rings is 1. The largest absolute Gasteiger partial charge is 0.329 e. The molecule has 2 unspecified atom stereocenters. The summed E-state index contributed by atoms with van der Waals surface area (Å²) in [6.07, 6.45) is 3.84. The molecule has 0 saturated heterocycles. The monoisotopic (exact) mass is 274 g/mol. The molecule has 2 heteroatoms. The van der Waals surface area contributed by atoms with Crippen LogP contribution in [0, 0.1) is 11.8 Å². The summed E-state index contributed by atoms with van der Waals surface area (Å²) in [4.78, 5) is 2.62. The molecule has 1 aliphatic rings. The van der Waals surface area contributed by atoms with Crippen LogP contribution in [0.25, 0.3) is 0 Å². The maximum Gasteiger partial charge on any atom is 0.0340 e. The molecular formula is C18H30N2. The maximum atomic E-state index is 6.25. The highest BCUT2D eigenvalue weighted by Gasteiger charge is 2.40. The van der Waals surface area contributed by atoms with Crippen LogP contribution in [0.5, 0.6) is 0 Å². The predicted molar refractivity (Wildman–Crippen MR) is 86.5 cm³/mol. The van der Waals surface area contributed by atoms with Gasteiger partial charge < -0.3 is 5.73 Å². The molecule has 2 nitrogen and oxygen atoms in total. The average molecular weight is 274 g/mol. The molecule has 2 rings (SSSR count). The standard InChI is InChI=1S/C18H30N2/c1-4-20(13-17-8-6-5-7-9-17)18(14-19)11-15(2)10-16(3)12-18/h5-9,15-16H,4,10-14,19H2,1-3H3. The van der Waals surface area contributed by atoms with E-state index in [-0.39, 0.29) is 5.54 Å². The zero-order valence-electron chi connectivity index (χ0n) is 13.3. The molecule has 1 aliphatic carbocycles. The molecule has 2 atom stereocenters. The number of nitrogens with two attached hydrogens (primary N) is 1. The van der Waals surface area contributed by atoms with E-state index in [1.165, 1.54) is 24.8 Å². The van der Waals surface area contributed by atoms with Crippen molar-refractivity contribution in [3.8, 4) is 0 Å². The third kappa shape index (κ3) is 3.42. The summed E-state index contributed by atoms with van der Waals surface area (Å²) in [5, 5.41) is 0. The van der Waals surface area contributed by atoms with Gasteiger partial charge in [-0.05, 0) is 43.2 Å². The number of likely N-dealkylation sites (N-methyl/N-ethyl adjacent to an activating group) is 1. The third-order valence-corrected chi connectivity index (χ3v) is 4.91. The number of hydrogen-bond donors (Lipinski definition) is 1. The van der Waals surface area contributed by atoms with Crippen LogP contribution in [0.2, 0.25) is 0 Å². The van der Waals surface area contributed by atoms with E-state index in [4.69, 9.17) is 5.73 Å². The quantitative estimate of drug-likeness (QED) is 0.888. The van der Waals surface area contributed by atoms with Crippen molar-refractivity contribution in [2.24, 2.45) is 17.6 Å². The fourth-order valence-electron chi connectivity index (χ4n) is 4.21. The number of rotatable bonds is 5. The van der Waals surface area contributed by atoms with Gasteiger partial charge in [0, 0.05) is 18.6 Å². The Morgan fingerprint density at radius 2 is 1.75 bits per heavy atom. The SMILES string of the molecule is CCN(Cc1ccccc1)C1(CN)CC(C)CC(C)C1. The Hall–Kier alpha value is -0.860. The van der Waals surface area contributed by atoms with Crippen molar-refractivity contribution < 1.29 is 0 Å². The van der Waals surface area contributed by atoms with Crippen molar-refractivity contribution in [1.29, 1.82) is 0 Å². The summed E-state index contributed by atoms with van der Waals surface area (Å²) >= 11 is 0. The maximum absolute atomic E-state index is 6.25. The molecule has 0 bridgehead atoms. The fourth-order valence-corrected chi connectivity index (χ4v) is 4.21. The first kappa shape index (κ1) is 15.5. The van der Waals surface area contributed by atoms with Crippen molar-refractivity contribution in [2.45, 2.75) is 52.1 Å². The van der Waals surface area contributed by atoms with Gasteiger partial charge in [0.05, 0.1) is 0 Å². The van der Waals surface area contributed by atoms with Crippen LogP contribution in [0.1, 0.15) is 45.6 Å². The second-order valence-electron chi connectivity index (χ2n) is 6.78. The van der Waals surface area contributed by atoms with Crippen LogP contribution in [0.15, 0.2) is 30.3 Å². The topological polar surface area (TPSA) is 29.3 Å². The summed E-state index contributed by atoms with van der Waals surface area (Å²) < 4.78 is 0. The first-order valence-electron chi connectivity index (χ1n) is 8.08. The minimum absolute atomic E-state index is 0.196. The Morgan fingerprint density at radius 1 is 1.15 bits per heavy atom. The van der Waals surface area contributed by atoms with Gasteiger partial charge in [0.1, 0.15) is 0 Å². The lowest BCUT2D eigenvalue weighted by Gasteiger charge is -2.49. The summed E-state index contributed by atoms with van der Waals surface area (Å²) in [5.74, 6) is 1.57. The van der Waals surface area contributed by atoms with E-state index in [1.807, 2.05) is 0 Å². The highest BCUT2D eigenvalue weighted by atomic mass is 15.2. The third-order valence-electron chi connectivity index (χ3n) is 4.91. The van der Waals surface area contributed by atoms with E-state index < -0.39 is 0 Å². The summed E-state index contributed by atoms with van der Waals surface area (Å²) in [5.41, 5.74) is 7.84. The molecule has 0 heterocycles. The van der Waals surface area contributed by atoms with E-state index in [9.17, 15) is 0 Å². The van der Waals surface area contributed by atoms with Gasteiger partial charge in [-0.3, -0.25) is 4.90 Å². The molecule has 0 spiro atoms. The van der Waals surface area contributed by atoms with Crippen LogP contribution in [0.4, 0.5) is 0 Å². The highest BCUT2D eigenvalue weighted by molar-refractivity contribution is 5.15. The van der Waals surface area contributed by atoms with E-state index in [0.29, 0.717) is 0 Å². The molecule has 1 aromatic carbocycles. The van der Waals surface area contributed by atoms with E-state index >= 15 is 0 Å². The molecule has 0 amide bonds. The Kier molecular flexibility index (Phi) is 5.22. The number of nitrogens with zero attached hydrogens (tertiary/aromatic N) is 1. The average Bonchev–Trinajstić information content (AvgIpc) is 2.44. The molecule has 112 valence electrons. The van der Waals surface area contributed by atoms with E-state index in [2.05, 4.69) is 56.0 Å². The van der Waals surface area contributed by atoms with Crippen molar-refractivity contribution in [3.05, 3.63) is 35.9 Å². The molecule has 1 saturated carbocycles. The normalized spacial score (nSPS) is 30.6. The van der Waals surface area contributed by atoms with Gasteiger partial charge in [-0.2, -0.15) is 0 Å². The van der Waals surface area contributed by atoms with Crippen molar-refractivity contribution in [2.75, 3.05) is 13.1 Å². The predicted octanol–water partition coefficient (Wildman–Crippen LogP) is 3.66. The van der Waals surface area contributed by atoms with Crippen molar-refractivity contribution in [1.82, 2.24) is 4.90 Å². The Bertz CT molecular complexity index is 391. The van der Waals surface area contributed by atoms with Gasteiger partial charge in [0.2, 0.25) is 0 Å². The van der Waals surface area contributed by atoms with E-state index in [0.717, 1.165) is 31.5 Å². The first-order chi connectivity index (χ1) is 9.59. The summed E-state index contributed by atoms with van der Waals surface area (Å²) in [7, 11) is 0. The zero-order valence-corrected chi connectivity index (χ0v) is 13.3. The van der Waals surface area contributed by atoms with Crippen molar-refractivity contribution in [3.63, 3.8) is 0 Å². The Morgan fingerprint density at radius 3 is 2.25 bits per heavy atom. The smallest absolute Gasteiger partial charge is 0.0340 e. The van der Waals surface area contributed by atoms with Crippen molar-refractivity contribution >= 4 is 0 Å². The number of hydrogen-bond acceptors (Lipinski definition) is 2. The van der Waals surface area contributed by atoms with Crippen LogP contribution >= 0.6 is 0 Å². The van der Waals surface area contributed by atoms with Gasteiger partial charge in [-0.25, -0.2) is 0 Å². The minimum atomic E-state index is 0.196. The van der Waals surface area contributed by atoms with Crippen LogP contribution < -0.4 is 5.73 Å². The second kappa shape index (κ2) is 6.73. The summed E-state index contributed by atoms with van der Waals surface area (Å²) in [6, 6.07) is 10.8. The minimum Gasteiger partial charge on any atom is -0.329 e. The van der Waals surface area contributed by atoms with Gasteiger partial charge in [0.15, 0.2) is 0 Å².